The summed E-state index contributed by atoms with van der Waals surface area (Å²) >= 11 is 6.12. The average molecular weight is 424 g/mol. The van der Waals surface area contributed by atoms with Crippen LogP contribution in [0.5, 0.6) is 5.75 Å². The number of amides is 3. The third-order valence-corrected chi connectivity index (χ3v) is 5.76. The molecule has 0 atom stereocenters. The normalized spacial score (nSPS) is 14.1. The predicted molar refractivity (Wildman–Crippen MR) is 118 cm³/mol. The van der Waals surface area contributed by atoms with Gasteiger partial charge in [-0.1, -0.05) is 29.8 Å². The summed E-state index contributed by atoms with van der Waals surface area (Å²) in [5.41, 5.74) is 2.20. The molecule has 3 amide bonds. The molecule has 0 saturated carbocycles. The minimum atomic E-state index is -0.201. The molecule has 1 aliphatic rings. The van der Waals surface area contributed by atoms with Gasteiger partial charge in [0, 0.05) is 42.5 Å². The van der Waals surface area contributed by atoms with E-state index in [-0.39, 0.29) is 17.7 Å². The van der Waals surface area contributed by atoms with Gasteiger partial charge >= 0.3 is 6.03 Å². The Morgan fingerprint density at radius 3 is 2.30 bits per heavy atom. The highest BCUT2D eigenvalue weighted by atomic mass is 35.5. The van der Waals surface area contributed by atoms with Gasteiger partial charge in [-0.05, 0) is 59.7 Å². The summed E-state index contributed by atoms with van der Waals surface area (Å²) in [5.74, 6) is 0.138. The Balaban J connectivity index is 1.37. The number of aromatic hydroxyl groups is 1. The van der Waals surface area contributed by atoms with E-state index in [4.69, 9.17) is 11.6 Å². The lowest BCUT2D eigenvalue weighted by Crippen LogP contribution is -2.51. The number of piperazine rings is 1. The first-order chi connectivity index (χ1) is 14.4. The van der Waals surface area contributed by atoms with E-state index in [0.717, 1.165) is 16.3 Å². The van der Waals surface area contributed by atoms with Gasteiger partial charge in [-0.2, -0.15) is 0 Å². The molecule has 0 aromatic heterocycles. The Bertz CT molecular complexity index is 1120. The molecule has 0 unspecified atom stereocenters. The van der Waals surface area contributed by atoms with Gasteiger partial charge in [0.15, 0.2) is 0 Å². The Morgan fingerprint density at radius 2 is 1.57 bits per heavy atom. The molecule has 1 saturated heterocycles. The lowest BCUT2D eigenvalue weighted by molar-refractivity contribution is 0.0672. The first-order valence-electron chi connectivity index (χ1n) is 9.75. The molecule has 1 fully saturated rings. The molecule has 2 N–H and O–H groups in total. The van der Waals surface area contributed by atoms with E-state index >= 15 is 0 Å². The van der Waals surface area contributed by atoms with Gasteiger partial charge in [0.2, 0.25) is 0 Å². The molecule has 7 heteroatoms. The molecule has 4 rings (SSSR count). The number of aryl methyl sites for hydroxylation is 1. The van der Waals surface area contributed by atoms with Crippen LogP contribution in [0.1, 0.15) is 15.9 Å². The molecule has 0 spiro atoms. The highest BCUT2D eigenvalue weighted by Crippen LogP contribution is 2.23. The van der Waals surface area contributed by atoms with Crippen LogP contribution in [-0.2, 0) is 0 Å². The Kier molecular flexibility index (Phi) is 5.50. The Morgan fingerprint density at radius 1 is 0.900 bits per heavy atom. The highest BCUT2D eigenvalue weighted by Gasteiger charge is 2.25. The van der Waals surface area contributed by atoms with E-state index < -0.39 is 0 Å². The predicted octanol–water partition coefficient (Wildman–Crippen LogP) is 4.50. The number of anilines is 1. The zero-order valence-corrected chi connectivity index (χ0v) is 17.3. The van der Waals surface area contributed by atoms with Crippen molar-refractivity contribution < 1.29 is 14.7 Å². The van der Waals surface area contributed by atoms with Crippen molar-refractivity contribution in [3.63, 3.8) is 0 Å². The van der Waals surface area contributed by atoms with Crippen molar-refractivity contribution in [1.82, 2.24) is 9.80 Å². The quantitative estimate of drug-likeness (QED) is 0.637. The first-order valence-corrected chi connectivity index (χ1v) is 10.1. The van der Waals surface area contributed by atoms with Gasteiger partial charge in [-0.3, -0.25) is 4.79 Å². The van der Waals surface area contributed by atoms with Crippen LogP contribution in [0.15, 0.2) is 54.6 Å². The number of hydrogen-bond acceptors (Lipinski definition) is 3. The molecule has 1 aliphatic heterocycles. The van der Waals surface area contributed by atoms with Gasteiger partial charge in [0.1, 0.15) is 5.75 Å². The summed E-state index contributed by atoms with van der Waals surface area (Å²) in [5, 5.41) is 14.8. The molecule has 0 radical (unpaired) electrons. The van der Waals surface area contributed by atoms with E-state index in [2.05, 4.69) is 5.32 Å². The molecule has 0 aliphatic carbocycles. The number of phenolic OH excluding ortho intramolecular Hbond substituents is 1. The van der Waals surface area contributed by atoms with Crippen LogP contribution in [0.2, 0.25) is 5.02 Å². The largest absolute Gasteiger partial charge is 0.508 e. The summed E-state index contributed by atoms with van der Waals surface area (Å²) in [7, 11) is 0. The fraction of sp³-hybridized carbons (Fsp3) is 0.217. The van der Waals surface area contributed by atoms with Crippen molar-refractivity contribution in [2.24, 2.45) is 0 Å². The van der Waals surface area contributed by atoms with Crippen molar-refractivity contribution in [2.45, 2.75) is 6.92 Å². The fourth-order valence-corrected chi connectivity index (χ4v) is 3.72. The number of carbonyl (C=O) groups is 2. The van der Waals surface area contributed by atoms with Gasteiger partial charge in [-0.25, -0.2) is 4.79 Å². The number of halogens is 1. The summed E-state index contributed by atoms with van der Waals surface area (Å²) in [4.78, 5) is 28.9. The molecule has 3 aromatic carbocycles. The number of carbonyl (C=O) groups excluding carboxylic acids is 2. The maximum atomic E-state index is 12.9. The average Bonchev–Trinajstić information content (AvgIpc) is 2.75. The summed E-state index contributed by atoms with van der Waals surface area (Å²) in [6.07, 6.45) is 0. The van der Waals surface area contributed by atoms with E-state index in [1.807, 2.05) is 31.2 Å². The lowest BCUT2D eigenvalue weighted by atomic mass is 10.1. The summed E-state index contributed by atoms with van der Waals surface area (Å²) < 4.78 is 0. The number of rotatable bonds is 2. The molecule has 30 heavy (non-hydrogen) atoms. The molecule has 1 heterocycles. The number of urea groups is 1. The molecule has 154 valence electrons. The molecule has 6 nitrogen and oxygen atoms in total. The number of nitrogens with zero attached hydrogens (tertiary/aromatic N) is 2. The number of nitrogens with one attached hydrogen (secondary N) is 1. The van der Waals surface area contributed by atoms with Crippen molar-refractivity contribution >= 4 is 40.0 Å². The van der Waals surface area contributed by atoms with Gasteiger partial charge < -0.3 is 20.2 Å². The van der Waals surface area contributed by atoms with Crippen molar-refractivity contribution in [3.05, 3.63) is 70.7 Å². The van der Waals surface area contributed by atoms with E-state index in [9.17, 15) is 14.7 Å². The van der Waals surface area contributed by atoms with Crippen molar-refractivity contribution in [1.29, 1.82) is 0 Å². The summed E-state index contributed by atoms with van der Waals surface area (Å²) in [6, 6.07) is 15.7. The third-order valence-electron chi connectivity index (χ3n) is 5.35. The van der Waals surface area contributed by atoms with Crippen LogP contribution < -0.4 is 5.32 Å². The minimum absolute atomic E-state index is 0.0599. The Labute approximate surface area is 179 Å². The first kappa shape index (κ1) is 20.0. The molecule has 0 bridgehead atoms. The maximum absolute atomic E-state index is 12.9. The van der Waals surface area contributed by atoms with Gasteiger partial charge in [-0.15, -0.1) is 0 Å². The second-order valence-electron chi connectivity index (χ2n) is 7.42. The number of phenols is 1. The topological polar surface area (TPSA) is 72.9 Å². The van der Waals surface area contributed by atoms with Gasteiger partial charge in [0.25, 0.3) is 5.91 Å². The van der Waals surface area contributed by atoms with E-state index in [1.54, 1.807) is 40.1 Å². The maximum Gasteiger partial charge on any atom is 0.321 e. The fourth-order valence-electron chi connectivity index (χ4n) is 3.53. The summed E-state index contributed by atoms with van der Waals surface area (Å²) in [6.45, 7) is 3.75. The second-order valence-corrected chi connectivity index (χ2v) is 7.83. The zero-order chi connectivity index (χ0) is 21.3. The lowest BCUT2D eigenvalue weighted by Gasteiger charge is -2.34. The van der Waals surface area contributed by atoms with Crippen LogP contribution in [0.4, 0.5) is 10.5 Å². The highest BCUT2D eigenvalue weighted by molar-refractivity contribution is 6.31. The smallest absolute Gasteiger partial charge is 0.321 e. The van der Waals surface area contributed by atoms with Gasteiger partial charge in [0.05, 0.1) is 0 Å². The van der Waals surface area contributed by atoms with Crippen LogP contribution >= 0.6 is 11.6 Å². The minimum Gasteiger partial charge on any atom is -0.508 e. The van der Waals surface area contributed by atoms with Crippen LogP contribution in [-0.4, -0.2) is 53.0 Å². The van der Waals surface area contributed by atoms with Crippen molar-refractivity contribution in [3.8, 4) is 5.75 Å². The number of hydrogen-bond donors (Lipinski definition) is 2. The molecule has 3 aromatic rings. The monoisotopic (exact) mass is 423 g/mol. The Hall–Kier alpha value is -3.25. The van der Waals surface area contributed by atoms with Crippen LogP contribution in [0.25, 0.3) is 10.8 Å². The standard InChI is InChI=1S/C23H22ClN3O3/c1-15-2-6-19(14-21(15)24)25-23(30)27-10-8-26(9-11-27)22(29)18-4-3-17-13-20(28)7-5-16(17)12-18/h2-7,12-14,28H,8-11H2,1H3,(H,25,30). The SMILES string of the molecule is Cc1ccc(NC(=O)N2CCN(C(=O)c3ccc4cc(O)ccc4c3)CC2)cc1Cl. The van der Waals surface area contributed by atoms with Crippen LogP contribution in [0, 0.1) is 6.92 Å². The second kappa shape index (κ2) is 8.24. The van der Waals surface area contributed by atoms with Crippen LogP contribution in [0.3, 0.4) is 0 Å². The number of fused-ring (bicyclic) bond motifs is 1. The zero-order valence-electron chi connectivity index (χ0n) is 16.6. The van der Waals surface area contributed by atoms with Crippen molar-refractivity contribution in [2.75, 3.05) is 31.5 Å². The van der Waals surface area contributed by atoms with E-state index in [1.165, 1.54) is 0 Å². The molecular weight excluding hydrogens is 402 g/mol. The number of benzene rings is 3. The third kappa shape index (κ3) is 4.19. The van der Waals surface area contributed by atoms with E-state index in [0.29, 0.717) is 42.5 Å². The molecular formula is C23H22ClN3O3.